The molecule has 2 unspecified atom stereocenters. The van der Waals surface area contributed by atoms with Gasteiger partial charge in [-0.3, -0.25) is 18.8 Å². The Morgan fingerprint density at radius 1 is 0.971 bits per heavy atom. The number of likely N-dealkylation sites (N-methyl/N-ethyl adjacent to an activating group) is 1. The van der Waals surface area contributed by atoms with Gasteiger partial charge in [-0.15, -0.1) is 0 Å². The predicted molar refractivity (Wildman–Crippen MR) is 134 cm³/mol. The van der Waals surface area contributed by atoms with E-state index in [1.54, 1.807) is 28.3 Å². The predicted octanol–water partition coefficient (Wildman–Crippen LogP) is 4.14. The number of carbonyl (C=O) groups is 1. The van der Waals surface area contributed by atoms with Crippen LogP contribution < -0.4 is 11.0 Å². The number of nitrogens with zero attached hydrogens (tertiary/aromatic N) is 3. The molecule has 0 spiro atoms. The molecule has 6 heteroatoms. The van der Waals surface area contributed by atoms with Crippen LogP contribution in [0.3, 0.4) is 0 Å². The maximum Gasteiger partial charge on any atom is 0.329 e. The van der Waals surface area contributed by atoms with Crippen molar-refractivity contribution >= 4 is 16.9 Å². The first-order valence-electron chi connectivity index (χ1n) is 12.9. The minimum Gasteiger partial charge on any atom is -0.358 e. The summed E-state index contributed by atoms with van der Waals surface area (Å²) in [7, 11) is 1.61. The molecule has 3 aliphatic rings. The Kier molecular flexibility index (Phi) is 5.56. The number of nitrogens with one attached hydrogen (secondary N) is 1. The number of piperidine rings is 1. The molecule has 2 aliphatic carbocycles. The van der Waals surface area contributed by atoms with Crippen LogP contribution in [0.2, 0.25) is 0 Å². The van der Waals surface area contributed by atoms with Gasteiger partial charge in [0.05, 0.1) is 11.0 Å². The van der Waals surface area contributed by atoms with Gasteiger partial charge in [0.15, 0.2) is 0 Å². The lowest BCUT2D eigenvalue weighted by atomic mass is 9.91. The van der Waals surface area contributed by atoms with Crippen LogP contribution in [0.1, 0.15) is 73.2 Å². The summed E-state index contributed by atoms with van der Waals surface area (Å²) in [6, 6.07) is 15.5. The highest BCUT2D eigenvalue weighted by atomic mass is 16.2. The van der Waals surface area contributed by atoms with Gasteiger partial charge >= 0.3 is 5.69 Å². The zero-order chi connectivity index (χ0) is 23.2. The first-order valence-corrected chi connectivity index (χ1v) is 12.9. The monoisotopic (exact) mass is 458 g/mol. The minimum absolute atomic E-state index is 0.0596. The molecular weight excluding hydrogens is 424 g/mol. The lowest BCUT2D eigenvalue weighted by Crippen LogP contribution is -2.40. The Bertz CT molecular complexity index is 1280. The van der Waals surface area contributed by atoms with E-state index in [4.69, 9.17) is 0 Å². The second-order valence-electron chi connectivity index (χ2n) is 10.3. The van der Waals surface area contributed by atoms with Crippen molar-refractivity contribution in [2.24, 2.45) is 0 Å². The molecule has 2 heterocycles. The average molecular weight is 459 g/mol. The van der Waals surface area contributed by atoms with Gasteiger partial charge in [-0.2, -0.15) is 0 Å². The Hall–Kier alpha value is -2.86. The van der Waals surface area contributed by atoms with Crippen LogP contribution >= 0.6 is 0 Å². The van der Waals surface area contributed by atoms with Crippen LogP contribution in [-0.2, 0) is 17.8 Å². The summed E-state index contributed by atoms with van der Waals surface area (Å²) in [6.07, 6.45) is 8.36. The number of aryl methyl sites for hydroxylation is 1. The molecule has 1 aliphatic heterocycles. The van der Waals surface area contributed by atoms with Crippen LogP contribution in [0.25, 0.3) is 11.0 Å². The summed E-state index contributed by atoms with van der Waals surface area (Å²) in [5.41, 5.74) is 6.54. The maximum absolute atomic E-state index is 13.4. The van der Waals surface area contributed by atoms with Gasteiger partial charge in [-0.25, -0.2) is 4.79 Å². The standard InChI is InChI=1S/C28H34N4O2/c1-29-26(33)18-31-24-9-2-3-10-25(24)32(28(31)34)21-14-16-30(17-15-21)23-11-5-7-20-13-12-19-6-4-8-22(23)27(19)20/h2-4,6,8-10,20-21,23H,5,7,11-18H2,1H3,(H,29,33). The summed E-state index contributed by atoms with van der Waals surface area (Å²) in [4.78, 5) is 28.2. The van der Waals surface area contributed by atoms with E-state index < -0.39 is 0 Å². The van der Waals surface area contributed by atoms with Crippen molar-refractivity contribution in [3.8, 4) is 0 Å². The Morgan fingerprint density at radius 3 is 2.56 bits per heavy atom. The Balaban J connectivity index is 1.27. The highest BCUT2D eigenvalue weighted by Crippen LogP contribution is 2.46. The molecule has 1 amide bonds. The highest BCUT2D eigenvalue weighted by Gasteiger charge is 2.35. The van der Waals surface area contributed by atoms with E-state index in [0.29, 0.717) is 6.04 Å². The molecule has 1 N–H and O–H groups in total. The quantitative estimate of drug-likeness (QED) is 0.639. The number of rotatable bonds is 4. The lowest BCUT2D eigenvalue weighted by molar-refractivity contribution is -0.121. The molecule has 0 bridgehead atoms. The molecule has 6 rings (SSSR count). The highest BCUT2D eigenvalue weighted by molar-refractivity contribution is 5.80. The number of benzene rings is 2. The maximum atomic E-state index is 13.4. The first-order chi connectivity index (χ1) is 16.7. The largest absolute Gasteiger partial charge is 0.358 e. The molecule has 2 aromatic carbocycles. The van der Waals surface area contributed by atoms with Gasteiger partial charge in [0.1, 0.15) is 6.54 Å². The number of fused-ring (bicyclic) bond motifs is 1. The number of hydrogen-bond donors (Lipinski definition) is 1. The van der Waals surface area contributed by atoms with E-state index in [2.05, 4.69) is 28.4 Å². The molecule has 1 aromatic heterocycles. The Labute approximate surface area is 200 Å². The van der Waals surface area contributed by atoms with Crippen molar-refractivity contribution in [3.63, 3.8) is 0 Å². The number of para-hydroxylation sites is 2. The van der Waals surface area contributed by atoms with Gasteiger partial charge < -0.3 is 5.32 Å². The third-order valence-electron chi connectivity index (χ3n) is 8.54. The molecular formula is C28H34N4O2. The zero-order valence-corrected chi connectivity index (χ0v) is 20.0. The fourth-order valence-corrected chi connectivity index (χ4v) is 6.91. The van der Waals surface area contributed by atoms with Crippen molar-refractivity contribution in [1.29, 1.82) is 0 Å². The van der Waals surface area contributed by atoms with E-state index in [1.807, 2.05) is 28.8 Å². The third kappa shape index (κ3) is 3.50. The van der Waals surface area contributed by atoms with Crippen molar-refractivity contribution in [3.05, 3.63) is 69.6 Å². The second kappa shape index (κ2) is 8.73. The van der Waals surface area contributed by atoms with Crippen LogP contribution in [0, 0.1) is 0 Å². The van der Waals surface area contributed by atoms with E-state index >= 15 is 0 Å². The fraction of sp³-hybridized carbons (Fsp3) is 0.500. The average Bonchev–Trinajstić information content (AvgIpc) is 3.33. The molecule has 1 saturated heterocycles. The smallest absolute Gasteiger partial charge is 0.329 e. The van der Waals surface area contributed by atoms with Crippen LogP contribution in [0.5, 0.6) is 0 Å². The van der Waals surface area contributed by atoms with Crippen molar-refractivity contribution in [2.75, 3.05) is 20.1 Å². The van der Waals surface area contributed by atoms with Crippen LogP contribution in [0.15, 0.2) is 47.3 Å². The van der Waals surface area contributed by atoms with Gasteiger partial charge in [-0.1, -0.05) is 36.8 Å². The number of imidazole rings is 1. The topological polar surface area (TPSA) is 59.3 Å². The van der Waals surface area contributed by atoms with E-state index in [1.165, 1.54) is 32.1 Å². The lowest BCUT2D eigenvalue weighted by Gasteiger charge is -2.38. The van der Waals surface area contributed by atoms with Crippen molar-refractivity contribution in [2.45, 2.75) is 69.5 Å². The Morgan fingerprint density at radius 2 is 1.76 bits per heavy atom. The van der Waals surface area contributed by atoms with Crippen LogP contribution in [0.4, 0.5) is 0 Å². The van der Waals surface area contributed by atoms with Crippen LogP contribution in [-0.4, -0.2) is 40.1 Å². The summed E-state index contributed by atoms with van der Waals surface area (Å²) in [6.45, 7) is 2.07. The van der Waals surface area contributed by atoms with Crippen molar-refractivity contribution in [1.82, 2.24) is 19.4 Å². The van der Waals surface area contributed by atoms with Gasteiger partial charge in [-0.05, 0) is 73.3 Å². The fourth-order valence-electron chi connectivity index (χ4n) is 6.91. The number of amides is 1. The summed E-state index contributed by atoms with van der Waals surface area (Å²) < 4.78 is 3.58. The number of aromatic nitrogens is 2. The summed E-state index contributed by atoms with van der Waals surface area (Å²) in [5.74, 6) is 0.612. The number of hydrogen-bond acceptors (Lipinski definition) is 3. The molecule has 2 atom stereocenters. The number of likely N-dealkylation sites (tertiary alicyclic amines) is 1. The van der Waals surface area contributed by atoms with E-state index in [-0.39, 0.29) is 24.2 Å². The third-order valence-corrected chi connectivity index (χ3v) is 8.54. The minimum atomic E-state index is -0.151. The molecule has 178 valence electrons. The number of carbonyl (C=O) groups excluding carboxylic acids is 1. The van der Waals surface area contributed by atoms with Gasteiger partial charge in [0, 0.05) is 32.2 Å². The molecule has 0 radical (unpaired) electrons. The first kappa shape index (κ1) is 21.7. The summed E-state index contributed by atoms with van der Waals surface area (Å²) >= 11 is 0. The van der Waals surface area contributed by atoms with E-state index in [9.17, 15) is 9.59 Å². The van der Waals surface area contributed by atoms with Crippen molar-refractivity contribution < 1.29 is 4.79 Å². The molecule has 3 aromatic rings. The zero-order valence-electron chi connectivity index (χ0n) is 20.0. The van der Waals surface area contributed by atoms with Gasteiger partial charge in [0.25, 0.3) is 0 Å². The van der Waals surface area contributed by atoms with Gasteiger partial charge in [0.2, 0.25) is 5.91 Å². The molecule has 0 saturated carbocycles. The second-order valence-corrected chi connectivity index (χ2v) is 10.3. The molecule has 34 heavy (non-hydrogen) atoms. The van der Waals surface area contributed by atoms with E-state index in [0.717, 1.165) is 42.9 Å². The normalized spacial score (nSPS) is 23.1. The SMILES string of the molecule is CNC(=O)Cn1c(=O)n(C2CCN(C3CCCC4CCc5cccc3c54)CC2)c2ccccc21. The summed E-state index contributed by atoms with van der Waals surface area (Å²) in [5, 5.41) is 2.65. The molecule has 6 nitrogen and oxygen atoms in total. The molecule has 1 fully saturated rings.